The number of sulfonamides is 1. The lowest BCUT2D eigenvalue weighted by molar-refractivity contribution is -0.116. The predicted molar refractivity (Wildman–Crippen MR) is 111 cm³/mol. The van der Waals surface area contributed by atoms with Crippen LogP contribution in [0.2, 0.25) is 0 Å². The molecule has 0 aliphatic carbocycles. The Morgan fingerprint density at radius 2 is 1.89 bits per heavy atom. The molecule has 1 amide bonds. The van der Waals surface area contributed by atoms with Gasteiger partial charge >= 0.3 is 0 Å². The average molecular weight is 404 g/mol. The maximum Gasteiger partial charge on any atom is 0.247 e. The van der Waals surface area contributed by atoms with Crippen molar-refractivity contribution in [2.75, 3.05) is 29.6 Å². The molecule has 0 spiro atoms. The molecule has 8 heteroatoms. The van der Waals surface area contributed by atoms with Gasteiger partial charge in [-0.3, -0.25) is 9.10 Å². The maximum absolute atomic E-state index is 12.7. The van der Waals surface area contributed by atoms with E-state index < -0.39 is 22.0 Å². The molecule has 0 bridgehead atoms. The molecular formula is C20H24N2O5S. The Morgan fingerprint density at radius 1 is 1.21 bits per heavy atom. The van der Waals surface area contributed by atoms with Gasteiger partial charge in [-0.2, -0.15) is 0 Å². The van der Waals surface area contributed by atoms with Crippen LogP contribution in [0.3, 0.4) is 0 Å². The monoisotopic (exact) mass is 404 g/mol. The number of nitrogens with one attached hydrogen (secondary N) is 1. The van der Waals surface area contributed by atoms with Crippen LogP contribution in [0.1, 0.15) is 6.92 Å². The average Bonchev–Trinajstić information content (AvgIpc) is 2.66. The number of benzene rings is 2. The Balaban J connectivity index is 2.20. The summed E-state index contributed by atoms with van der Waals surface area (Å²) in [4.78, 5) is 12.7. The summed E-state index contributed by atoms with van der Waals surface area (Å²) in [5, 5.41) is 2.72. The number of hydrogen-bond donors (Lipinski definition) is 1. The first-order chi connectivity index (χ1) is 13.3. The van der Waals surface area contributed by atoms with Gasteiger partial charge < -0.3 is 14.8 Å². The zero-order chi connectivity index (χ0) is 20.7. The van der Waals surface area contributed by atoms with Gasteiger partial charge in [0.1, 0.15) is 24.1 Å². The smallest absolute Gasteiger partial charge is 0.247 e. The van der Waals surface area contributed by atoms with E-state index in [2.05, 4.69) is 11.9 Å². The number of anilines is 2. The molecule has 2 aromatic rings. The fourth-order valence-electron chi connectivity index (χ4n) is 2.59. The highest BCUT2D eigenvalue weighted by Crippen LogP contribution is 2.26. The highest BCUT2D eigenvalue weighted by molar-refractivity contribution is 7.92. The summed E-state index contributed by atoms with van der Waals surface area (Å²) < 4.78 is 36.3. The van der Waals surface area contributed by atoms with Crippen molar-refractivity contribution < 1.29 is 22.7 Å². The SMILES string of the molecule is C=CCOc1ccc(NC(=O)[C@@H](C)N(c2cccc(OC)c2)S(C)(=O)=O)cc1. The largest absolute Gasteiger partial charge is 0.497 e. The van der Waals surface area contributed by atoms with Gasteiger partial charge in [0, 0.05) is 11.8 Å². The minimum Gasteiger partial charge on any atom is -0.497 e. The summed E-state index contributed by atoms with van der Waals surface area (Å²) in [7, 11) is -2.22. The van der Waals surface area contributed by atoms with Gasteiger partial charge in [0.2, 0.25) is 15.9 Å². The number of hydrogen-bond acceptors (Lipinski definition) is 5. The number of rotatable bonds is 9. The van der Waals surface area contributed by atoms with Crippen LogP contribution in [-0.2, 0) is 14.8 Å². The number of carbonyl (C=O) groups is 1. The van der Waals surface area contributed by atoms with Crippen molar-refractivity contribution >= 4 is 27.3 Å². The van der Waals surface area contributed by atoms with Gasteiger partial charge in [-0.25, -0.2) is 8.42 Å². The third-order valence-electron chi connectivity index (χ3n) is 3.89. The van der Waals surface area contributed by atoms with E-state index in [0.29, 0.717) is 29.5 Å². The molecule has 2 rings (SSSR count). The summed E-state index contributed by atoms with van der Waals surface area (Å²) in [6.07, 6.45) is 2.69. The van der Waals surface area contributed by atoms with Crippen LogP contribution in [0.4, 0.5) is 11.4 Å². The molecule has 1 atom stereocenters. The van der Waals surface area contributed by atoms with Crippen molar-refractivity contribution in [2.45, 2.75) is 13.0 Å². The van der Waals surface area contributed by atoms with Crippen molar-refractivity contribution in [2.24, 2.45) is 0 Å². The Kier molecular flexibility index (Phi) is 7.06. The highest BCUT2D eigenvalue weighted by atomic mass is 32.2. The number of ether oxygens (including phenoxy) is 2. The van der Waals surface area contributed by atoms with E-state index in [-0.39, 0.29) is 0 Å². The lowest BCUT2D eigenvalue weighted by atomic mass is 10.2. The lowest BCUT2D eigenvalue weighted by Gasteiger charge is -2.28. The molecule has 0 heterocycles. The van der Waals surface area contributed by atoms with E-state index >= 15 is 0 Å². The zero-order valence-corrected chi connectivity index (χ0v) is 16.9. The lowest BCUT2D eigenvalue weighted by Crippen LogP contribution is -2.45. The third-order valence-corrected chi connectivity index (χ3v) is 5.13. The van der Waals surface area contributed by atoms with Crippen LogP contribution in [0.25, 0.3) is 0 Å². The Morgan fingerprint density at radius 3 is 2.46 bits per heavy atom. The fraction of sp³-hybridized carbons (Fsp3) is 0.250. The standard InChI is InChI=1S/C20H24N2O5S/c1-5-13-27-18-11-9-16(10-12-18)21-20(23)15(2)22(28(4,24)25)17-7-6-8-19(14-17)26-3/h5-12,14-15H,1,13H2,2-4H3,(H,21,23)/t15-/m1/s1. The molecule has 28 heavy (non-hydrogen) atoms. The molecule has 0 aromatic heterocycles. The minimum absolute atomic E-state index is 0.345. The van der Waals surface area contributed by atoms with Gasteiger partial charge in [0.25, 0.3) is 0 Å². The van der Waals surface area contributed by atoms with Gasteiger partial charge in [-0.15, -0.1) is 0 Å². The third kappa shape index (κ3) is 5.50. The first-order valence-corrected chi connectivity index (χ1v) is 10.4. The van der Waals surface area contributed by atoms with E-state index in [1.807, 2.05) is 0 Å². The molecule has 150 valence electrons. The topological polar surface area (TPSA) is 84.9 Å². The van der Waals surface area contributed by atoms with E-state index in [9.17, 15) is 13.2 Å². The Labute approximate surface area is 165 Å². The van der Waals surface area contributed by atoms with Crippen LogP contribution in [0.5, 0.6) is 11.5 Å². The molecule has 0 aliphatic heterocycles. The minimum atomic E-state index is -3.71. The Bertz CT molecular complexity index is 926. The second-order valence-electron chi connectivity index (χ2n) is 6.05. The van der Waals surface area contributed by atoms with Crippen LogP contribution >= 0.6 is 0 Å². The van der Waals surface area contributed by atoms with Crippen LogP contribution in [0.15, 0.2) is 61.2 Å². The van der Waals surface area contributed by atoms with Crippen LogP contribution in [0, 0.1) is 0 Å². The van der Waals surface area contributed by atoms with Crippen LogP contribution in [-0.4, -0.2) is 40.3 Å². The van der Waals surface area contributed by atoms with E-state index in [1.54, 1.807) is 54.6 Å². The summed E-state index contributed by atoms with van der Waals surface area (Å²) >= 11 is 0. The second-order valence-corrected chi connectivity index (χ2v) is 7.91. The van der Waals surface area contributed by atoms with Crippen molar-refractivity contribution in [1.29, 1.82) is 0 Å². The summed E-state index contributed by atoms with van der Waals surface area (Å²) in [5.74, 6) is 0.668. The maximum atomic E-state index is 12.7. The Hall–Kier alpha value is -3.00. The molecule has 0 aliphatic rings. The molecule has 1 N–H and O–H groups in total. The molecule has 0 radical (unpaired) electrons. The normalized spacial score (nSPS) is 12.0. The van der Waals surface area contributed by atoms with Crippen LogP contribution < -0.4 is 19.1 Å². The van der Waals surface area contributed by atoms with Gasteiger partial charge in [-0.05, 0) is 43.3 Å². The predicted octanol–water partition coefficient (Wildman–Crippen LogP) is 3.05. The fourth-order valence-corrected chi connectivity index (χ4v) is 3.76. The number of methoxy groups -OCH3 is 1. The van der Waals surface area contributed by atoms with E-state index in [4.69, 9.17) is 9.47 Å². The number of nitrogens with zero attached hydrogens (tertiary/aromatic N) is 1. The molecule has 0 unspecified atom stereocenters. The molecule has 2 aromatic carbocycles. The summed E-state index contributed by atoms with van der Waals surface area (Å²) in [6.45, 7) is 5.49. The van der Waals surface area contributed by atoms with E-state index in [1.165, 1.54) is 14.0 Å². The summed E-state index contributed by atoms with van der Waals surface area (Å²) in [5.41, 5.74) is 0.875. The first-order valence-electron chi connectivity index (χ1n) is 8.54. The van der Waals surface area contributed by atoms with Crippen molar-refractivity contribution in [3.8, 4) is 11.5 Å². The van der Waals surface area contributed by atoms with Gasteiger partial charge in [0.15, 0.2) is 0 Å². The van der Waals surface area contributed by atoms with Gasteiger partial charge in [0.05, 0.1) is 19.1 Å². The molecule has 0 fully saturated rings. The molecule has 0 saturated carbocycles. The molecule has 0 saturated heterocycles. The summed E-state index contributed by atoms with van der Waals surface area (Å²) in [6, 6.07) is 12.3. The quantitative estimate of drug-likeness (QED) is 0.650. The first kappa shape index (κ1) is 21.3. The van der Waals surface area contributed by atoms with Crippen molar-refractivity contribution in [1.82, 2.24) is 0 Å². The number of amides is 1. The highest BCUT2D eigenvalue weighted by Gasteiger charge is 2.29. The molecule has 7 nitrogen and oxygen atoms in total. The number of carbonyl (C=O) groups excluding carboxylic acids is 1. The van der Waals surface area contributed by atoms with Crippen molar-refractivity contribution in [3.63, 3.8) is 0 Å². The van der Waals surface area contributed by atoms with Gasteiger partial charge in [-0.1, -0.05) is 18.7 Å². The molecular weight excluding hydrogens is 380 g/mol. The zero-order valence-electron chi connectivity index (χ0n) is 16.1. The van der Waals surface area contributed by atoms with Crippen molar-refractivity contribution in [3.05, 3.63) is 61.2 Å². The van der Waals surface area contributed by atoms with E-state index in [0.717, 1.165) is 10.6 Å². The second kappa shape index (κ2) is 9.27.